The van der Waals surface area contributed by atoms with Crippen LogP contribution in [0.5, 0.6) is 11.5 Å². The largest absolute Gasteiger partial charge is 0.497 e. The zero-order valence-corrected chi connectivity index (χ0v) is 17.9. The van der Waals surface area contributed by atoms with E-state index in [-0.39, 0.29) is 18.4 Å². The molecule has 0 unspecified atom stereocenters. The number of hydrogen-bond donors (Lipinski definition) is 2. The van der Waals surface area contributed by atoms with Crippen molar-refractivity contribution in [3.05, 3.63) is 65.7 Å². The fourth-order valence-corrected chi connectivity index (χ4v) is 3.92. The number of nitrogens with one attached hydrogen (secondary N) is 2. The van der Waals surface area contributed by atoms with Crippen LogP contribution in [0.25, 0.3) is 0 Å². The maximum Gasteiger partial charge on any atom is 0.264 e. The number of ether oxygens (including phenoxy) is 2. The minimum atomic E-state index is -0.272. The number of carbonyl (C=O) groups excluding carboxylic acids is 2. The van der Waals surface area contributed by atoms with E-state index in [0.717, 1.165) is 17.1 Å². The number of nitrogens with zero attached hydrogens (tertiary/aromatic N) is 1. The quantitative estimate of drug-likeness (QED) is 0.492. The van der Waals surface area contributed by atoms with Gasteiger partial charge >= 0.3 is 0 Å². The molecule has 0 bridgehead atoms. The van der Waals surface area contributed by atoms with Crippen LogP contribution in [0.2, 0.25) is 0 Å². The van der Waals surface area contributed by atoms with E-state index in [1.807, 2.05) is 23.6 Å². The predicted molar refractivity (Wildman–Crippen MR) is 120 cm³/mol. The smallest absolute Gasteiger partial charge is 0.264 e. The standard InChI is InChI=1S/C21H21N3O4S2/c1-27-17-9-7-15(8-10-17)22-20(26)14-29-12-16-13-30-21(23-16)24-19(25)11-28-18-5-3-2-4-6-18/h2-10,13H,11-12,14H2,1H3,(H,22,26)(H,23,24,25). The molecule has 0 radical (unpaired) electrons. The van der Waals surface area contributed by atoms with Crippen molar-refractivity contribution in [1.82, 2.24) is 4.98 Å². The topological polar surface area (TPSA) is 89.6 Å². The second kappa shape index (κ2) is 11.2. The summed E-state index contributed by atoms with van der Waals surface area (Å²) in [5, 5.41) is 7.93. The Morgan fingerprint density at radius 2 is 1.77 bits per heavy atom. The Bertz CT molecular complexity index is 962. The molecule has 2 N–H and O–H groups in total. The molecule has 0 fully saturated rings. The number of amides is 2. The average molecular weight is 444 g/mol. The number of carbonyl (C=O) groups is 2. The van der Waals surface area contributed by atoms with Crippen molar-refractivity contribution in [2.75, 3.05) is 30.1 Å². The van der Waals surface area contributed by atoms with Gasteiger partial charge in [0.2, 0.25) is 5.91 Å². The number of hydrogen-bond acceptors (Lipinski definition) is 7. The molecular formula is C21H21N3O4S2. The SMILES string of the molecule is COc1ccc(NC(=O)CSCc2csc(NC(=O)COc3ccccc3)n2)cc1. The van der Waals surface area contributed by atoms with E-state index in [4.69, 9.17) is 9.47 Å². The molecule has 7 nitrogen and oxygen atoms in total. The van der Waals surface area contributed by atoms with Crippen molar-refractivity contribution in [2.45, 2.75) is 5.75 Å². The maximum atomic E-state index is 12.0. The molecule has 2 aromatic carbocycles. The first-order chi connectivity index (χ1) is 14.6. The fraction of sp³-hybridized carbons (Fsp3) is 0.190. The lowest BCUT2D eigenvalue weighted by Gasteiger charge is -2.06. The molecule has 1 aromatic heterocycles. The van der Waals surface area contributed by atoms with E-state index in [0.29, 0.717) is 22.4 Å². The molecule has 9 heteroatoms. The molecule has 0 aliphatic rings. The first-order valence-corrected chi connectivity index (χ1v) is 11.1. The molecule has 156 valence electrons. The number of para-hydroxylation sites is 1. The molecule has 3 aromatic rings. The Labute approximate surface area is 182 Å². The van der Waals surface area contributed by atoms with E-state index >= 15 is 0 Å². The lowest BCUT2D eigenvalue weighted by atomic mass is 10.3. The maximum absolute atomic E-state index is 12.0. The highest BCUT2D eigenvalue weighted by molar-refractivity contribution is 7.99. The van der Waals surface area contributed by atoms with Crippen LogP contribution >= 0.6 is 23.1 Å². The molecular weight excluding hydrogens is 422 g/mol. The van der Waals surface area contributed by atoms with Crippen LogP contribution in [-0.2, 0) is 15.3 Å². The number of thioether (sulfide) groups is 1. The monoisotopic (exact) mass is 443 g/mol. The van der Waals surface area contributed by atoms with Gasteiger partial charge in [0, 0.05) is 16.8 Å². The Kier molecular flexibility index (Phi) is 8.10. The van der Waals surface area contributed by atoms with Gasteiger partial charge in [-0.25, -0.2) is 4.98 Å². The molecule has 1 heterocycles. The summed E-state index contributed by atoms with van der Waals surface area (Å²) in [6.45, 7) is -0.0841. The third-order valence-corrected chi connectivity index (χ3v) is 5.54. The zero-order valence-electron chi connectivity index (χ0n) is 16.3. The van der Waals surface area contributed by atoms with Gasteiger partial charge < -0.3 is 14.8 Å². The third-order valence-electron chi connectivity index (χ3n) is 3.77. The molecule has 0 saturated carbocycles. The van der Waals surface area contributed by atoms with Gasteiger partial charge in [-0.2, -0.15) is 0 Å². The summed E-state index contributed by atoms with van der Waals surface area (Å²) in [7, 11) is 1.60. The lowest BCUT2D eigenvalue weighted by molar-refractivity contribution is -0.118. The van der Waals surface area contributed by atoms with Crippen LogP contribution in [-0.4, -0.2) is 36.3 Å². The molecule has 0 atom stereocenters. The molecule has 30 heavy (non-hydrogen) atoms. The Hall–Kier alpha value is -3.04. The second-order valence-electron chi connectivity index (χ2n) is 6.06. The second-order valence-corrected chi connectivity index (χ2v) is 7.91. The van der Waals surface area contributed by atoms with Crippen molar-refractivity contribution < 1.29 is 19.1 Å². The molecule has 0 saturated heterocycles. The van der Waals surface area contributed by atoms with Gasteiger partial charge in [-0.15, -0.1) is 23.1 Å². The third kappa shape index (κ3) is 7.09. The highest BCUT2D eigenvalue weighted by Crippen LogP contribution is 2.20. The van der Waals surface area contributed by atoms with E-state index in [2.05, 4.69) is 15.6 Å². The number of rotatable bonds is 10. The van der Waals surface area contributed by atoms with Crippen molar-refractivity contribution >= 4 is 45.7 Å². The normalized spacial score (nSPS) is 10.3. The number of aromatic nitrogens is 1. The van der Waals surface area contributed by atoms with Crippen molar-refractivity contribution in [1.29, 1.82) is 0 Å². The fourth-order valence-electron chi connectivity index (χ4n) is 2.37. The highest BCUT2D eigenvalue weighted by atomic mass is 32.2. The minimum absolute atomic E-state index is 0.0841. The Morgan fingerprint density at radius 3 is 2.50 bits per heavy atom. The van der Waals surface area contributed by atoms with Crippen LogP contribution < -0.4 is 20.1 Å². The van der Waals surface area contributed by atoms with Crippen molar-refractivity contribution in [2.24, 2.45) is 0 Å². The average Bonchev–Trinajstić information content (AvgIpc) is 3.20. The first kappa shape index (κ1) is 21.7. The van der Waals surface area contributed by atoms with E-state index < -0.39 is 0 Å². The van der Waals surface area contributed by atoms with Gasteiger partial charge in [0.15, 0.2) is 11.7 Å². The summed E-state index contributed by atoms with van der Waals surface area (Å²) >= 11 is 2.79. The van der Waals surface area contributed by atoms with Crippen LogP contribution in [0.4, 0.5) is 10.8 Å². The highest BCUT2D eigenvalue weighted by Gasteiger charge is 2.09. The molecule has 0 aliphatic heterocycles. The van der Waals surface area contributed by atoms with Crippen molar-refractivity contribution in [3.8, 4) is 11.5 Å². The van der Waals surface area contributed by atoms with E-state index in [1.54, 1.807) is 43.5 Å². The molecule has 0 spiro atoms. The molecule has 3 rings (SSSR count). The van der Waals surface area contributed by atoms with E-state index in [1.165, 1.54) is 23.1 Å². The molecule has 2 amide bonds. The zero-order chi connectivity index (χ0) is 21.2. The Morgan fingerprint density at radius 1 is 1.00 bits per heavy atom. The predicted octanol–water partition coefficient (Wildman–Crippen LogP) is 4.04. The lowest BCUT2D eigenvalue weighted by Crippen LogP contribution is -2.20. The van der Waals surface area contributed by atoms with Gasteiger partial charge in [0.25, 0.3) is 5.91 Å². The number of methoxy groups -OCH3 is 1. The van der Waals surface area contributed by atoms with Crippen molar-refractivity contribution in [3.63, 3.8) is 0 Å². The molecule has 0 aliphatic carbocycles. The van der Waals surface area contributed by atoms with Gasteiger partial charge in [-0.3, -0.25) is 14.9 Å². The summed E-state index contributed by atoms with van der Waals surface area (Å²) < 4.78 is 10.5. The Balaban J connectivity index is 1.36. The van der Waals surface area contributed by atoms with Crippen LogP contribution in [0.1, 0.15) is 5.69 Å². The van der Waals surface area contributed by atoms with Crippen LogP contribution in [0.3, 0.4) is 0 Å². The van der Waals surface area contributed by atoms with Gasteiger partial charge in [0.1, 0.15) is 11.5 Å². The number of anilines is 2. The van der Waals surface area contributed by atoms with Gasteiger partial charge in [-0.1, -0.05) is 18.2 Å². The summed E-state index contributed by atoms with van der Waals surface area (Å²) in [4.78, 5) is 28.4. The summed E-state index contributed by atoms with van der Waals surface area (Å²) in [5.74, 6) is 1.88. The van der Waals surface area contributed by atoms with E-state index in [9.17, 15) is 9.59 Å². The number of thiazole rings is 1. The van der Waals surface area contributed by atoms with Crippen LogP contribution in [0, 0.1) is 0 Å². The summed E-state index contributed by atoms with van der Waals surface area (Å²) in [6.07, 6.45) is 0. The number of benzene rings is 2. The minimum Gasteiger partial charge on any atom is -0.497 e. The van der Waals surface area contributed by atoms with Crippen LogP contribution in [0.15, 0.2) is 60.0 Å². The van der Waals surface area contributed by atoms with Gasteiger partial charge in [0.05, 0.1) is 18.6 Å². The van der Waals surface area contributed by atoms with Gasteiger partial charge in [-0.05, 0) is 36.4 Å². The summed E-state index contributed by atoms with van der Waals surface area (Å²) in [6, 6.07) is 16.3. The first-order valence-electron chi connectivity index (χ1n) is 9.06. The summed E-state index contributed by atoms with van der Waals surface area (Å²) in [5.41, 5.74) is 1.53.